The van der Waals surface area contributed by atoms with Crippen molar-refractivity contribution in [2.24, 2.45) is 0 Å². The zero-order chi connectivity index (χ0) is 8.39. The molecule has 0 aliphatic carbocycles. The molecule has 0 aliphatic heterocycles. The van der Waals surface area contributed by atoms with E-state index in [9.17, 15) is 0 Å². The van der Waals surface area contributed by atoms with E-state index in [0.29, 0.717) is 5.69 Å². The number of rotatable bonds is 0. The number of nitrogens with zero attached hydrogens (tertiary/aromatic N) is 2. The summed E-state index contributed by atoms with van der Waals surface area (Å²) in [6.45, 7) is 0. The Labute approximate surface area is 70.3 Å². The summed E-state index contributed by atoms with van der Waals surface area (Å²) >= 11 is 0. The summed E-state index contributed by atoms with van der Waals surface area (Å²) in [5.41, 5.74) is 1.40. The molecule has 0 amide bonds. The minimum atomic E-state index is 0.605. The van der Waals surface area contributed by atoms with Crippen molar-refractivity contribution in [2.45, 2.75) is 0 Å². The molecular weight excluding hydrogens is 148 g/mol. The summed E-state index contributed by atoms with van der Waals surface area (Å²) < 4.78 is 0. The topological polar surface area (TPSA) is 25.8 Å². The second kappa shape index (κ2) is 2.63. The fourth-order valence-electron chi connectivity index (χ4n) is 1.11. The third kappa shape index (κ3) is 0.923. The molecule has 0 N–H and O–H groups in total. The highest BCUT2D eigenvalue weighted by Gasteiger charge is 1.97. The third-order valence-electron chi connectivity index (χ3n) is 1.66. The summed E-state index contributed by atoms with van der Waals surface area (Å²) in [6.07, 6.45) is 8.67. The van der Waals surface area contributed by atoms with Crippen LogP contribution in [0.2, 0.25) is 0 Å². The van der Waals surface area contributed by atoms with Crippen molar-refractivity contribution in [3.63, 3.8) is 0 Å². The van der Waals surface area contributed by atoms with Gasteiger partial charge in [-0.25, -0.2) is 4.98 Å². The Hall–Kier alpha value is -1.88. The molecule has 2 heteroatoms. The van der Waals surface area contributed by atoms with E-state index in [0.717, 1.165) is 10.9 Å². The normalized spacial score (nSPS) is 9.58. The van der Waals surface area contributed by atoms with Crippen molar-refractivity contribution in [1.29, 1.82) is 0 Å². The van der Waals surface area contributed by atoms with Crippen LogP contribution in [0.5, 0.6) is 0 Å². The van der Waals surface area contributed by atoms with Gasteiger partial charge in [0.05, 0.1) is 0 Å². The van der Waals surface area contributed by atoms with Crippen LogP contribution < -0.4 is 0 Å². The van der Waals surface area contributed by atoms with Crippen LogP contribution in [0, 0.1) is 12.3 Å². The molecule has 0 fully saturated rings. The van der Waals surface area contributed by atoms with Crippen LogP contribution in [0.25, 0.3) is 10.9 Å². The van der Waals surface area contributed by atoms with E-state index in [4.69, 9.17) is 6.42 Å². The van der Waals surface area contributed by atoms with Crippen molar-refractivity contribution in [1.82, 2.24) is 9.97 Å². The van der Waals surface area contributed by atoms with E-state index < -0.39 is 0 Å². The molecule has 0 saturated carbocycles. The number of fused-ring (bicyclic) bond motifs is 1. The van der Waals surface area contributed by atoms with Gasteiger partial charge in [0.15, 0.2) is 0 Å². The van der Waals surface area contributed by atoms with Crippen LogP contribution in [-0.4, -0.2) is 9.97 Å². The molecule has 0 unspecified atom stereocenters. The van der Waals surface area contributed by atoms with Crippen molar-refractivity contribution in [3.8, 4) is 12.3 Å². The molecule has 0 atom stereocenters. The Morgan fingerprint density at radius 2 is 2.08 bits per heavy atom. The maximum Gasteiger partial charge on any atom is 0.139 e. The molecular formula is C10H6N2. The highest BCUT2D eigenvalue weighted by Crippen LogP contribution is 2.11. The van der Waals surface area contributed by atoms with Crippen molar-refractivity contribution >= 4 is 10.9 Å². The smallest absolute Gasteiger partial charge is 0.139 e. The minimum Gasteiger partial charge on any atom is -0.253 e. The minimum absolute atomic E-state index is 0.605. The lowest BCUT2D eigenvalue weighted by atomic mass is 10.2. The molecule has 0 saturated heterocycles. The van der Waals surface area contributed by atoms with Crippen LogP contribution >= 0.6 is 0 Å². The van der Waals surface area contributed by atoms with Crippen LogP contribution in [-0.2, 0) is 0 Å². The standard InChI is InChI=1S/C10H6N2/c1-2-9-10-8(5-7-11-9)4-3-6-12-10/h1,3-7H. The van der Waals surface area contributed by atoms with Crippen LogP contribution in [0.4, 0.5) is 0 Å². The fraction of sp³-hybridized carbons (Fsp3) is 0. The van der Waals surface area contributed by atoms with Gasteiger partial charge in [-0.2, -0.15) is 0 Å². The van der Waals surface area contributed by atoms with Gasteiger partial charge in [0.25, 0.3) is 0 Å². The Bertz CT molecular complexity index is 449. The maximum atomic E-state index is 5.26. The van der Waals surface area contributed by atoms with Crippen LogP contribution in [0.15, 0.2) is 30.6 Å². The molecule has 0 aliphatic rings. The molecule has 56 valence electrons. The van der Waals surface area contributed by atoms with E-state index >= 15 is 0 Å². The van der Waals surface area contributed by atoms with E-state index in [-0.39, 0.29) is 0 Å². The number of pyridine rings is 2. The van der Waals surface area contributed by atoms with Gasteiger partial charge in [-0.15, -0.1) is 6.42 Å². The number of hydrogen-bond acceptors (Lipinski definition) is 2. The van der Waals surface area contributed by atoms with Crippen molar-refractivity contribution < 1.29 is 0 Å². The maximum absolute atomic E-state index is 5.26. The summed E-state index contributed by atoms with van der Waals surface area (Å²) in [4.78, 5) is 8.17. The second-order valence-corrected chi connectivity index (χ2v) is 2.38. The Kier molecular flexibility index (Phi) is 1.49. The van der Waals surface area contributed by atoms with Gasteiger partial charge in [-0.1, -0.05) is 6.07 Å². The predicted molar refractivity (Wildman–Crippen MR) is 47.5 cm³/mol. The number of aromatic nitrogens is 2. The molecule has 2 aromatic rings. The highest BCUT2D eigenvalue weighted by atomic mass is 14.7. The van der Waals surface area contributed by atoms with E-state index in [1.165, 1.54) is 0 Å². The number of terminal acetylenes is 1. The lowest BCUT2D eigenvalue weighted by molar-refractivity contribution is 1.28. The van der Waals surface area contributed by atoms with E-state index in [2.05, 4.69) is 15.9 Å². The second-order valence-electron chi connectivity index (χ2n) is 2.38. The lowest BCUT2D eigenvalue weighted by Crippen LogP contribution is -1.86. The molecule has 2 rings (SSSR count). The largest absolute Gasteiger partial charge is 0.253 e. The SMILES string of the molecule is C#Cc1nccc2cccnc12. The summed E-state index contributed by atoms with van der Waals surface area (Å²) in [7, 11) is 0. The van der Waals surface area contributed by atoms with Gasteiger partial charge in [0.2, 0.25) is 0 Å². The van der Waals surface area contributed by atoms with E-state index in [1.807, 2.05) is 18.2 Å². The summed E-state index contributed by atoms with van der Waals surface area (Å²) in [5.74, 6) is 2.50. The summed E-state index contributed by atoms with van der Waals surface area (Å²) in [6, 6.07) is 5.73. The van der Waals surface area contributed by atoms with Gasteiger partial charge in [0, 0.05) is 17.8 Å². The molecule has 0 radical (unpaired) electrons. The quantitative estimate of drug-likeness (QED) is 0.539. The Balaban J connectivity index is 2.91. The molecule has 12 heavy (non-hydrogen) atoms. The Morgan fingerprint density at radius 3 is 2.92 bits per heavy atom. The third-order valence-corrected chi connectivity index (χ3v) is 1.66. The average molecular weight is 154 g/mol. The molecule has 2 aromatic heterocycles. The van der Waals surface area contributed by atoms with Gasteiger partial charge >= 0.3 is 0 Å². The van der Waals surface area contributed by atoms with E-state index in [1.54, 1.807) is 12.4 Å². The molecule has 0 aromatic carbocycles. The predicted octanol–water partition coefficient (Wildman–Crippen LogP) is 1.61. The molecule has 0 bridgehead atoms. The first kappa shape index (κ1) is 6.81. The van der Waals surface area contributed by atoms with Crippen LogP contribution in [0.1, 0.15) is 5.69 Å². The highest BCUT2D eigenvalue weighted by molar-refractivity contribution is 5.82. The first-order chi connectivity index (χ1) is 5.92. The van der Waals surface area contributed by atoms with Gasteiger partial charge in [-0.3, -0.25) is 4.98 Å². The van der Waals surface area contributed by atoms with Crippen LogP contribution in [0.3, 0.4) is 0 Å². The Morgan fingerprint density at radius 1 is 1.17 bits per heavy atom. The van der Waals surface area contributed by atoms with Crippen molar-refractivity contribution in [2.75, 3.05) is 0 Å². The zero-order valence-electron chi connectivity index (χ0n) is 6.36. The fourth-order valence-corrected chi connectivity index (χ4v) is 1.11. The monoisotopic (exact) mass is 154 g/mol. The summed E-state index contributed by atoms with van der Waals surface area (Å²) in [5, 5.41) is 1.03. The number of hydrogen-bond donors (Lipinski definition) is 0. The van der Waals surface area contributed by atoms with Gasteiger partial charge < -0.3 is 0 Å². The van der Waals surface area contributed by atoms with Gasteiger partial charge in [-0.05, 0) is 18.1 Å². The molecule has 0 spiro atoms. The molecule has 2 nitrogen and oxygen atoms in total. The van der Waals surface area contributed by atoms with Crippen molar-refractivity contribution in [3.05, 3.63) is 36.3 Å². The lowest BCUT2D eigenvalue weighted by Gasteiger charge is -1.96. The zero-order valence-corrected chi connectivity index (χ0v) is 6.36. The van der Waals surface area contributed by atoms with Gasteiger partial charge in [0.1, 0.15) is 11.2 Å². The first-order valence-electron chi connectivity index (χ1n) is 3.58. The first-order valence-corrected chi connectivity index (χ1v) is 3.58. The average Bonchev–Trinajstić information content (AvgIpc) is 2.17. The molecule has 2 heterocycles.